The van der Waals surface area contributed by atoms with Crippen molar-refractivity contribution in [3.05, 3.63) is 47.9 Å². The van der Waals surface area contributed by atoms with Crippen molar-refractivity contribution >= 4 is 21.6 Å². The van der Waals surface area contributed by atoms with Crippen LogP contribution in [-0.2, 0) is 27.7 Å². The summed E-state index contributed by atoms with van der Waals surface area (Å²) < 4.78 is 31.8. The molecule has 0 saturated heterocycles. The second kappa shape index (κ2) is 5.82. The lowest BCUT2D eigenvalue weighted by Crippen LogP contribution is -2.29. The van der Waals surface area contributed by atoms with Crippen molar-refractivity contribution in [1.82, 2.24) is 4.31 Å². The topological polar surface area (TPSA) is 70.8 Å². The summed E-state index contributed by atoms with van der Waals surface area (Å²) in [5.41, 5.74) is 1.52. The van der Waals surface area contributed by atoms with Crippen LogP contribution in [0.1, 0.15) is 11.3 Å². The number of hydrogen-bond donors (Lipinski definition) is 0. The lowest BCUT2D eigenvalue weighted by molar-refractivity contribution is -0.117. The zero-order valence-corrected chi connectivity index (χ0v) is 13.8. The fourth-order valence-electron chi connectivity index (χ4n) is 2.63. The quantitative estimate of drug-likeness (QED) is 0.834. The van der Waals surface area contributed by atoms with Crippen LogP contribution >= 0.6 is 0 Å². The average Bonchev–Trinajstić information content (AvgIpc) is 3.13. The van der Waals surface area contributed by atoms with Gasteiger partial charge in [0.25, 0.3) is 0 Å². The van der Waals surface area contributed by atoms with Crippen LogP contribution in [0.2, 0.25) is 0 Å². The number of carbonyl (C=O) groups excluding carboxylic acids is 1. The minimum atomic E-state index is -3.59. The van der Waals surface area contributed by atoms with E-state index in [1.54, 1.807) is 49.5 Å². The number of amides is 1. The summed E-state index contributed by atoms with van der Waals surface area (Å²) in [5.74, 6) is 0.717. The van der Waals surface area contributed by atoms with Crippen molar-refractivity contribution in [2.75, 3.05) is 25.5 Å². The van der Waals surface area contributed by atoms with Crippen molar-refractivity contribution in [3.8, 4) is 0 Å². The molecule has 0 unspecified atom stereocenters. The number of likely N-dealkylation sites (N-methyl/N-ethyl adjacent to an activating group) is 2. The number of nitrogens with zero attached hydrogens (tertiary/aromatic N) is 2. The molecule has 7 heteroatoms. The highest BCUT2D eigenvalue weighted by atomic mass is 32.2. The third kappa shape index (κ3) is 2.89. The van der Waals surface area contributed by atoms with Crippen molar-refractivity contribution in [2.45, 2.75) is 17.7 Å². The van der Waals surface area contributed by atoms with Gasteiger partial charge in [-0.05, 0) is 35.9 Å². The Hall–Kier alpha value is -2.12. The molecule has 0 radical (unpaired) electrons. The van der Waals surface area contributed by atoms with Crippen LogP contribution in [0.25, 0.3) is 0 Å². The molecule has 0 N–H and O–H groups in total. The molecular weight excluding hydrogens is 316 g/mol. The summed E-state index contributed by atoms with van der Waals surface area (Å²) in [5, 5.41) is 0. The van der Waals surface area contributed by atoms with E-state index in [2.05, 4.69) is 0 Å². The van der Waals surface area contributed by atoms with Crippen LogP contribution < -0.4 is 4.90 Å². The molecule has 6 nitrogen and oxygen atoms in total. The molecule has 1 amide bonds. The third-order valence-electron chi connectivity index (χ3n) is 4.09. The number of rotatable bonds is 5. The number of sulfonamides is 1. The van der Waals surface area contributed by atoms with Crippen LogP contribution in [-0.4, -0.2) is 39.3 Å². The first-order chi connectivity index (χ1) is 10.9. The van der Waals surface area contributed by atoms with Crippen LogP contribution in [0, 0.1) is 0 Å². The van der Waals surface area contributed by atoms with Crippen molar-refractivity contribution in [1.29, 1.82) is 0 Å². The Morgan fingerprint density at radius 2 is 2.09 bits per heavy atom. The molecule has 0 spiro atoms. The predicted molar refractivity (Wildman–Crippen MR) is 85.8 cm³/mol. The first-order valence-electron chi connectivity index (χ1n) is 7.28. The number of hydrogen-bond acceptors (Lipinski definition) is 4. The summed E-state index contributed by atoms with van der Waals surface area (Å²) in [7, 11) is -0.350. The molecule has 1 aliphatic rings. The largest absolute Gasteiger partial charge is 0.469 e. The van der Waals surface area contributed by atoms with Gasteiger partial charge in [0.15, 0.2) is 0 Å². The average molecular weight is 334 g/mol. The van der Waals surface area contributed by atoms with E-state index >= 15 is 0 Å². The SMILES string of the molecule is CN1C(=O)Cc2cc(S(=O)(=O)N(C)CCc3ccco3)ccc21. The maximum atomic E-state index is 12.7. The van der Waals surface area contributed by atoms with Crippen molar-refractivity contribution in [3.63, 3.8) is 0 Å². The molecule has 0 aliphatic carbocycles. The first-order valence-corrected chi connectivity index (χ1v) is 8.72. The van der Waals surface area contributed by atoms with E-state index in [1.165, 1.54) is 4.31 Å². The van der Waals surface area contributed by atoms with Gasteiger partial charge >= 0.3 is 0 Å². The molecule has 1 aromatic heterocycles. The Bertz CT molecular complexity index is 828. The van der Waals surface area contributed by atoms with Crippen LogP contribution in [0.15, 0.2) is 45.9 Å². The molecule has 0 atom stereocenters. The highest BCUT2D eigenvalue weighted by Crippen LogP contribution is 2.30. The Kier molecular flexibility index (Phi) is 3.99. The molecule has 0 bridgehead atoms. The number of anilines is 1. The molecule has 1 aromatic carbocycles. The second-order valence-electron chi connectivity index (χ2n) is 5.58. The maximum Gasteiger partial charge on any atom is 0.242 e. The monoisotopic (exact) mass is 334 g/mol. The van der Waals surface area contributed by atoms with Gasteiger partial charge in [-0.1, -0.05) is 0 Å². The molecule has 2 aromatic rings. The van der Waals surface area contributed by atoms with E-state index in [0.717, 1.165) is 17.0 Å². The number of carbonyl (C=O) groups is 1. The highest BCUT2D eigenvalue weighted by molar-refractivity contribution is 7.89. The molecule has 0 saturated carbocycles. The van der Waals surface area contributed by atoms with E-state index in [4.69, 9.17) is 4.42 Å². The van der Waals surface area contributed by atoms with Crippen molar-refractivity contribution < 1.29 is 17.6 Å². The van der Waals surface area contributed by atoms with Gasteiger partial charge in [0, 0.05) is 32.7 Å². The van der Waals surface area contributed by atoms with Gasteiger partial charge in [-0.15, -0.1) is 0 Å². The summed E-state index contributed by atoms with van der Waals surface area (Å²) >= 11 is 0. The lowest BCUT2D eigenvalue weighted by atomic mass is 10.2. The maximum absolute atomic E-state index is 12.7. The Balaban J connectivity index is 1.80. The minimum Gasteiger partial charge on any atom is -0.469 e. The van der Waals surface area contributed by atoms with Crippen LogP contribution in [0.3, 0.4) is 0 Å². The van der Waals surface area contributed by atoms with Gasteiger partial charge < -0.3 is 9.32 Å². The van der Waals surface area contributed by atoms with E-state index in [-0.39, 0.29) is 17.2 Å². The standard InChI is InChI=1S/C16H18N2O4S/c1-17(8-7-13-4-3-9-22-13)23(20,21)14-5-6-15-12(10-14)11-16(19)18(15)2/h3-6,9-10H,7-8,11H2,1-2H3. The van der Waals surface area contributed by atoms with Gasteiger partial charge in [0.2, 0.25) is 15.9 Å². The second-order valence-corrected chi connectivity index (χ2v) is 7.62. The van der Waals surface area contributed by atoms with Gasteiger partial charge in [0.05, 0.1) is 17.6 Å². The molecule has 122 valence electrons. The van der Waals surface area contributed by atoms with E-state index in [1.807, 2.05) is 6.07 Å². The Morgan fingerprint density at radius 3 is 2.78 bits per heavy atom. The third-order valence-corrected chi connectivity index (χ3v) is 5.94. The molecular formula is C16H18N2O4S. The number of fused-ring (bicyclic) bond motifs is 1. The summed E-state index contributed by atoms with van der Waals surface area (Å²) in [4.78, 5) is 13.5. The molecule has 0 fully saturated rings. The van der Waals surface area contributed by atoms with E-state index < -0.39 is 10.0 Å². The van der Waals surface area contributed by atoms with E-state index in [9.17, 15) is 13.2 Å². The van der Waals surface area contributed by atoms with E-state index in [0.29, 0.717) is 13.0 Å². The molecule has 2 heterocycles. The van der Waals surface area contributed by atoms with Gasteiger partial charge in [-0.2, -0.15) is 0 Å². The number of furan rings is 1. The Morgan fingerprint density at radius 1 is 1.30 bits per heavy atom. The normalized spacial score (nSPS) is 14.6. The van der Waals surface area contributed by atoms with Crippen LogP contribution in [0.5, 0.6) is 0 Å². The fourth-order valence-corrected chi connectivity index (χ4v) is 3.85. The minimum absolute atomic E-state index is 0.0271. The molecule has 23 heavy (non-hydrogen) atoms. The lowest BCUT2D eigenvalue weighted by Gasteiger charge is -2.17. The number of benzene rings is 1. The van der Waals surface area contributed by atoms with Gasteiger partial charge in [-0.3, -0.25) is 4.79 Å². The molecule has 3 rings (SSSR count). The zero-order valence-electron chi connectivity index (χ0n) is 13.0. The summed E-state index contributed by atoms with van der Waals surface area (Å²) in [6.45, 7) is 0.325. The first kappa shape index (κ1) is 15.8. The fraction of sp³-hybridized carbons (Fsp3) is 0.312. The summed E-state index contributed by atoms with van der Waals surface area (Å²) in [6.07, 6.45) is 2.32. The smallest absolute Gasteiger partial charge is 0.242 e. The van der Waals surface area contributed by atoms with Gasteiger partial charge in [-0.25, -0.2) is 12.7 Å². The Labute approximate surface area is 135 Å². The summed E-state index contributed by atoms with van der Waals surface area (Å²) in [6, 6.07) is 8.42. The molecule has 1 aliphatic heterocycles. The highest BCUT2D eigenvalue weighted by Gasteiger charge is 2.27. The van der Waals surface area contributed by atoms with Crippen LogP contribution in [0.4, 0.5) is 5.69 Å². The van der Waals surface area contributed by atoms with Gasteiger partial charge in [0.1, 0.15) is 5.76 Å². The predicted octanol–water partition coefficient (Wildman–Crippen LogP) is 1.66. The zero-order chi connectivity index (χ0) is 16.6. The van der Waals surface area contributed by atoms with Crippen molar-refractivity contribution in [2.24, 2.45) is 0 Å².